The van der Waals surface area contributed by atoms with Crippen LogP contribution in [0.3, 0.4) is 0 Å². The normalized spacial score (nSPS) is 15.3. The van der Waals surface area contributed by atoms with Gasteiger partial charge >= 0.3 is 6.09 Å². The third kappa shape index (κ3) is 20.8. The average Bonchev–Trinajstić information content (AvgIpc) is 3.64. The fraction of sp³-hybridized carbons (Fsp3) is 0.651. The molecule has 2 N–H and O–H groups in total. The van der Waals surface area contributed by atoms with Crippen LogP contribution in [0.15, 0.2) is 42.5 Å². The number of nitrogens with zero attached hydrogens (tertiary/aromatic N) is 2. The van der Waals surface area contributed by atoms with Crippen molar-refractivity contribution < 1.29 is 57.4 Å². The standard InChI is InChI=1S/C43H65Cl2N3O12/c1-32(2)42(46-43(52)60-25-24-59-23-22-58-21-20-57-19-18-56-17-16-55-15-14-54-13-12-53-4)40(50)28-33-6-5-7-35(26-33)39(31-48-11-10-36(49)30-48)47(3)41(51)29-34-8-9-37(44)38(45)27-34/h5-9,26-27,32,36,39,42,49H,10-25,28-31H2,1-4H3,(H,46,52)/t36-,39+,42?/m0/s1. The number of alkyl carbamates (subject to hydrolysis) is 1. The van der Waals surface area contributed by atoms with Crippen LogP contribution in [0.5, 0.6) is 0 Å². The van der Waals surface area contributed by atoms with Gasteiger partial charge in [0, 0.05) is 40.2 Å². The van der Waals surface area contributed by atoms with E-state index in [9.17, 15) is 19.5 Å². The Bertz CT molecular complexity index is 1540. The second kappa shape index (κ2) is 30.2. The maximum absolute atomic E-state index is 13.6. The Morgan fingerprint density at radius 2 is 1.32 bits per heavy atom. The molecule has 2 aromatic rings. The average molecular weight is 887 g/mol. The topological polar surface area (TPSA) is 164 Å². The van der Waals surface area contributed by atoms with Gasteiger partial charge in [0.15, 0.2) is 5.78 Å². The van der Waals surface area contributed by atoms with Crippen molar-refractivity contribution >= 4 is 41.0 Å². The van der Waals surface area contributed by atoms with E-state index in [4.69, 9.17) is 61.1 Å². The van der Waals surface area contributed by atoms with Crippen LogP contribution < -0.4 is 5.32 Å². The summed E-state index contributed by atoms with van der Waals surface area (Å²) in [6, 6.07) is 11.6. The molecule has 2 amide bonds. The summed E-state index contributed by atoms with van der Waals surface area (Å²) in [5.41, 5.74) is 2.35. The number of benzene rings is 2. The fourth-order valence-electron chi connectivity index (χ4n) is 6.34. The summed E-state index contributed by atoms with van der Waals surface area (Å²) >= 11 is 12.3. The number of amides is 2. The molecular formula is C43H65Cl2N3O12. The second-order valence-electron chi connectivity index (χ2n) is 14.7. The Balaban J connectivity index is 1.35. The number of likely N-dealkylation sites (N-methyl/N-ethyl adjacent to an activating group) is 1. The van der Waals surface area contributed by atoms with Gasteiger partial charge < -0.3 is 53.2 Å². The summed E-state index contributed by atoms with van der Waals surface area (Å²) in [6.07, 6.45) is -0.263. The zero-order chi connectivity index (χ0) is 43.5. The minimum absolute atomic E-state index is 0.00985. The number of hydrogen-bond acceptors (Lipinski definition) is 13. The van der Waals surface area contributed by atoms with Crippen LogP contribution in [-0.2, 0) is 60.3 Å². The van der Waals surface area contributed by atoms with Gasteiger partial charge in [-0.3, -0.25) is 14.5 Å². The van der Waals surface area contributed by atoms with E-state index < -0.39 is 18.2 Å². The van der Waals surface area contributed by atoms with Gasteiger partial charge in [-0.25, -0.2) is 4.79 Å². The van der Waals surface area contributed by atoms with E-state index in [1.807, 2.05) is 38.1 Å². The number of nitrogens with one attached hydrogen (secondary N) is 1. The van der Waals surface area contributed by atoms with Crippen LogP contribution in [-0.4, -0.2) is 171 Å². The molecule has 1 unspecified atom stereocenters. The molecule has 3 rings (SSSR count). The van der Waals surface area contributed by atoms with E-state index in [0.29, 0.717) is 115 Å². The van der Waals surface area contributed by atoms with Gasteiger partial charge in [-0.05, 0) is 41.2 Å². The molecule has 0 saturated carbocycles. The number of methoxy groups -OCH3 is 1. The lowest BCUT2D eigenvalue weighted by atomic mass is 9.93. The lowest BCUT2D eigenvalue weighted by Gasteiger charge is -2.32. The molecule has 0 radical (unpaired) electrons. The number of ether oxygens (including phenoxy) is 8. The van der Waals surface area contributed by atoms with Gasteiger partial charge in [0.2, 0.25) is 5.91 Å². The number of hydrogen-bond donors (Lipinski definition) is 2. The van der Waals surface area contributed by atoms with Crippen molar-refractivity contribution in [1.82, 2.24) is 15.1 Å². The van der Waals surface area contributed by atoms with Gasteiger partial charge in [0.25, 0.3) is 0 Å². The van der Waals surface area contributed by atoms with E-state index in [-0.39, 0.29) is 49.7 Å². The number of aliphatic hydroxyl groups excluding tert-OH is 1. The summed E-state index contributed by atoms with van der Waals surface area (Å²) in [5.74, 6) is -0.483. The largest absolute Gasteiger partial charge is 0.447 e. The number of aliphatic hydroxyl groups is 1. The SMILES string of the molecule is COCCOCCOCCOCCOCCOCCOCCOC(=O)NC(C(=O)Cc1cccc([C@@H](CN2CC[C@H](O)C2)N(C)C(=O)Cc2ccc(Cl)c(Cl)c2)c1)C(C)C. The minimum Gasteiger partial charge on any atom is -0.447 e. The molecule has 1 fully saturated rings. The number of Topliss-reactive ketones (excluding diaryl/α,β-unsaturated/α-hetero) is 1. The molecule has 3 atom stereocenters. The summed E-state index contributed by atoms with van der Waals surface area (Å²) in [6.45, 7) is 11.2. The van der Waals surface area contributed by atoms with Crippen molar-refractivity contribution in [3.05, 3.63) is 69.2 Å². The highest BCUT2D eigenvalue weighted by atomic mass is 35.5. The zero-order valence-electron chi connectivity index (χ0n) is 35.6. The first kappa shape index (κ1) is 51.4. The Labute approximate surface area is 365 Å². The molecule has 1 aliphatic heterocycles. The van der Waals surface area contributed by atoms with E-state index >= 15 is 0 Å². The molecule has 0 aliphatic carbocycles. The molecule has 1 saturated heterocycles. The number of ketones is 1. The van der Waals surface area contributed by atoms with Crippen LogP contribution >= 0.6 is 23.2 Å². The lowest BCUT2D eigenvalue weighted by molar-refractivity contribution is -0.131. The molecule has 60 heavy (non-hydrogen) atoms. The number of carbonyl (C=O) groups is 3. The predicted molar refractivity (Wildman–Crippen MR) is 228 cm³/mol. The summed E-state index contributed by atoms with van der Waals surface area (Å²) in [7, 11) is 3.39. The third-order valence-corrected chi connectivity index (χ3v) is 10.4. The van der Waals surface area contributed by atoms with Gasteiger partial charge in [0.05, 0.1) is 121 Å². The predicted octanol–water partition coefficient (Wildman–Crippen LogP) is 4.41. The molecule has 17 heteroatoms. The molecule has 15 nitrogen and oxygen atoms in total. The van der Waals surface area contributed by atoms with Crippen LogP contribution in [0.2, 0.25) is 10.0 Å². The monoisotopic (exact) mass is 885 g/mol. The van der Waals surface area contributed by atoms with Gasteiger partial charge in [0.1, 0.15) is 6.61 Å². The summed E-state index contributed by atoms with van der Waals surface area (Å²) < 4.78 is 42.9. The molecule has 2 aromatic carbocycles. The van der Waals surface area contributed by atoms with Crippen LogP contribution in [0.4, 0.5) is 4.79 Å². The number of likely N-dealkylation sites (tertiary alicyclic amines) is 1. The molecule has 1 heterocycles. The first-order valence-corrected chi connectivity index (χ1v) is 21.3. The Morgan fingerprint density at radius 3 is 1.83 bits per heavy atom. The number of carbonyl (C=O) groups excluding carboxylic acids is 3. The Hall–Kier alpha value is -2.93. The smallest absolute Gasteiger partial charge is 0.407 e. The maximum Gasteiger partial charge on any atom is 0.407 e. The highest BCUT2D eigenvalue weighted by Gasteiger charge is 2.29. The summed E-state index contributed by atoms with van der Waals surface area (Å²) in [4.78, 5) is 43.7. The van der Waals surface area contributed by atoms with Crippen molar-refractivity contribution in [2.45, 2.75) is 51.3 Å². The lowest BCUT2D eigenvalue weighted by Crippen LogP contribution is -2.45. The van der Waals surface area contributed by atoms with Crippen LogP contribution in [0.25, 0.3) is 0 Å². The number of rotatable bonds is 32. The minimum atomic E-state index is -0.780. The molecule has 0 aromatic heterocycles. The highest BCUT2D eigenvalue weighted by Crippen LogP contribution is 2.27. The Morgan fingerprint density at radius 1 is 0.767 bits per heavy atom. The zero-order valence-corrected chi connectivity index (χ0v) is 37.1. The first-order chi connectivity index (χ1) is 29.0. The highest BCUT2D eigenvalue weighted by molar-refractivity contribution is 6.42. The summed E-state index contributed by atoms with van der Waals surface area (Å²) in [5, 5.41) is 13.7. The maximum atomic E-state index is 13.6. The molecular weight excluding hydrogens is 821 g/mol. The van der Waals surface area contributed by atoms with Crippen molar-refractivity contribution in [3.63, 3.8) is 0 Å². The van der Waals surface area contributed by atoms with Crippen molar-refractivity contribution in [3.8, 4) is 0 Å². The van der Waals surface area contributed by atoms with E-state index in [1.54, 1.807) is 37.3 Å². The molecule has 338 valence electrons. The third-order valence-electron chi connectivity index (χ3n) is 9.63. The van der Waals surface area contributed by atoms with Crippen LogP contribution in [0, 0.1) is 5.92 Å². The van der Waals surface area contributed by atoms with E-state index in [2.05, 4.69) is 10.2 Å². The molecule has 0 bridgehead atoms. The molecule has 1 aliphatic rings. The molecule has 0 spiro atoms. The number of β-amino-alcohol motifs (C(OH)–C–C–N with tert-alkyl or cyclic N) is 1. The van der Waals surface area contributed by atoms with Gasteiger partial charge in [-0.15, -0.1) is 0 Å². The quantitative estimate of drug-likeness (QED) is 0.0995. The Kier molecular flexibility index (Phi) is 25.9. The van der Waals surface area contributed by atoms with Gasteiger partial charge in [-0.1, -0.05) is 67.4 Å². The van der Waals surface area contributed by atoms with Crippen molar-refractivity contribution in [1.29, 1.82) is 0 Å². The van der Waals surface area contributed by atoms with Crippen molar-refractivity contribution in [2.24, 2.45) is 5.92 Å². The fourth-order valence-corrected chi connectivity index (χ4v) is 6.66. The van der Waals surface area contributed by atoms with Gasteiger partial charge in [-0.2, -0.15) is 0 Å². The second-order valence-corrected chi connectivity index (χ2v) is 15.5. The first-order valence-electron chi connectivity index (χ1n) is 20.6. The van der Waals surface area contributed by atoms with E-state index in [1.165, 1.54) is 0 Å². The van der Waals surface area contributed by atoms with Crippen LogP contribution in [0.1, 0.15) is 43.0 Å². The van der Waals surface area contributed by atoms with E-state index in [0.717, 1.165) is 16.7 Å². The van der Waals surface area contributed by atoms with Crippen molar-refractivity contribution in [2.75, 3.05) is 126 Å². The number of halogens is 2.